The van der Waals surface area contributed by atoms with Crippen LogP contribution in [0.4, 0.5) is 0 Å². The SMILES string of the molecule is ClC1=C(Cl)C2(Cl)C3C4OC4C(Br)C3C1(Cl)C2(Cl)Cl. The van der Waals surface area contributed by atoms with Crippen LogP contribution in [0.2, 0.25) is 0 Å². The second-order valence-corrected chi connectivity index (χ2v) is 9.52. The summed E-state index contributed by atoms with van der Waals surface area (Å²) in [5.41, 5.74) is 0. The molecule has 3 fully saturated rings. The molecule has 0 N–H and O–H groups in total. The van der Waals surface area contributed by atoms with Gasteiger partial charge < -0.3 is 4.74 Å². The van der Waals surface area contributed by atoms with Crippen LogP contribution in [-0.2, 0) is 4.74 Å². The molecule has 3 aliphatic carbocycles. The van der Waals surface area contributed by atoms with Crippen molar-refractivity contribution in [2.45, 2.75) is 31.1 Å². The number of allylic oxidation sites excluding steroid dienone is 2. The Balaban J connectivity index is 2.01. The fourth-order valence-corrected chi connectivity index (χ4v) is 8.18. The molecule has 2 bridgehead atoms. The summed E-state index contributed by atoms with van der Waals surface area (Å²) in [5, 5.41) is 0.515. The minimum Gasteiger partial charge on any atom is -0.368 e. The number of halogens is 7. The molecule has 4 rings (SSSR count). The van der Waals surface area contributed by atoms with Crippen LogP contribution < -0.4 is 0 Å². The molecule has 2 saturated carbocycles. The monoisotopic (exact) mass is 430 g/mol. The topological polar surface area (TPSA) is 12.5 Å². The van der Waals surface area contributed by atoms with Crippen LogP contribution in [0.3, 0.4) is 0 Å². The summed E-state index contributed by atoms with van der Waals surface area (Å²) in [7, 11) is 0. The van der Waals surface area contributed by atoms with E-state index in [9.17, 15) is 0 Å². The largest absolute Gasteiger partial charge is 0.368 e. The lowest BCUT2D eigenvalue weighted by atomic mass is 9.84. The maximum absolute atomic E-state index is 6.70. The molecule has 18 heavy (non-hydrogen) atoms. The number of epoxide rings is 1. The Morgan fingerprint density at radius 2 is 1.39 bits per heavy atom. The van der Waals surface area contributed by atoms with Gasteiger partial charge in [-0.1, -0.05) is 62.3 Å². The number of hydrogen-bond acceptors (Lipinski definition) is 1. The van der Waals surface area contributed by atoms with Crippen LogP contribution in [0, 0.1) is 11.8 Å². The van der Waals surface area contributed by atoms with Gasteiger partial charge in [0, 0.05) is 16.7 Å². The minimum absolute atomic E-state index is 0.00658. The Kier molecular flexibility index (Phi) is 2.61. The molecule has 0 aromatic carbocycles. The zero-order valence-corrected chi connectivity index (χ0v) is 14.6. The van der Waals surface area contributed by atoms with Crippen LogP contribution in [0.1, 0.15) is 0 Å². The summed E-state index contributed by atoms with van der Waals surface area (Å²) >= 11 is 42.5. The van der Waals surface area contributed by atoms with Crippen molar-refractivity contribution >= 4 is 85.5 Å². The van der Waals surface area contributed by atoms with Crippen LogP contribution in [-0.4, -0.2) is 31.1 Å². The summed E-state index contributed by atoms with van der Waals surface area (Å²) in [6.07, 6.45) is 0.0839. The molecule has 1 nitrogen and oxygen atoms in total. The normalized spacial score (nSPS) is 63.2. The van der Waals surface area contributed by atoms with Crippen molar-refractivity contribution in [3.63, 3.8) is 0 Å². The van der Waals surface area contributed by atoms with Crippen molar-refractivity contribution in [3.05, 3.63) is 10.1 Å². The number of alkyl halides is 5. The summed E-state index contributed by atoms with van der Waals surface area (Å²) in [4.78, 5) is -2.31. The molecular formula is C10H5BrCl6O. The van der Waals surface area contributed by atoms with E-state index in [1.807, 2.05) is 0 Å². The van der Waals surface area contributed by atoms with Gasteiger partial charge in [-0.25, -0.2) is 0 Å². The Hall–Kier alpha value is 1.92. The zero-order chi connectivity index (χ0) is 13.2. The van der Waals surface area contributed by atoms with E-state index in [0.717, 1.165) is 0 Å². The lowest BCUT2D eigenvalue weighted by molar-refractivity contribution is 0.208. The molecule has 0 amide bonds. The van der Waals surface area contributed by atoms with Crippen molar-refractivity contribution in [1.29, 1.82) is 0 Å². The average molecular weight is 434 g/mol. The van der Waals surface area contributed by atoms with E-state index >= 15 is 0 Å². The van der Waals surface area contributed by atoms with Gasteiger partial charge in [0.25, 0.3) is 0 Å². The quantitative estimate of drug-likeness (QED) is 0.401. The first-order valence-corrected chi connectivity index (χ1v) is 8.50. The van der Waals surface area contributed by atoms with E-state index in [4.69, 9.17) is 74.3 Å². The molecule has 8 heteroatoms. The standard InChI is InChI=1S/C10H5BrCl6O/c11-3-1-2(4-5(3)18-4)9(15)7(13)6(12)8(1,14)10(9,16)17/h1-5H. The second-order valence-electron chi connectivity index (χ2n) is 5.19. The van der Waals surface area contributed by atoms with E-state index in [1.54, 1.807) is 0 Å². The van der Waals surface area contributed by atoms with E-state index in [-0.39, 0.29) is 38.9 Å². The van der Waals surface area contributed by atoms with Crippen molar-refractivity contribution in [2.75, 3.05) is 0 Å². The molecule has 7 unspecified atom stereocenters. The molecule has 4 aliphatic rings. The smallest absolute Gasteiger partial charge is 0.166 e. The Morgan fingerprint density at radius 1 is 0.889 bits per heavy atom. The van der Waals surface area contributed by atoms with Gasteiger partial charge in [-0.3, -0.25) is 0 Å². The van der Waals surface area contributed by atoms with Gasteiger partial charge in [0.05, 0.1) is 22.3 Å². The van der Waals surface area contributed by atoms with Gasteiger partial charge in [-0.2, -0.15) is 0 Å². The van der Waals surface area contributed by atoms with Crippen LogP contribution in [0.25, 0.3) is 0 Å². The highest BCUT2D eigenvalue weighted by Gasteiger charge is 2.89. The zero-order valence-electron chi connectivity index (χ0n) is 8.44. The summed E-state index contributed by atoms with van der Waals surface area (Å²) in [6, 6.07) is 0. The van der Waals surface area contributed by atoms with E-state index in [0.29, 0.717) is 0 Å². The van der Waals surface area contributed by atoms with Crippen LogP contribution in [0.15, 0.2) is 10.1 Å². The molecular weight excluding hydrogens is 429 g/mol. The molecule has 1 heterocycles. The lowest BCUT2D eigenvalue weighted by Gasteiger charge is -2.35. The second kappa shape index (κ2) is 3.46. The Bertz CT molecular complexity index is 481. The molecule has 0 aromatic heterocycles. The van der Waals surface area contributed by atoms with Gasteiger partial charge in [-0.15, -0.1) is 23.2 Å². The molecule has 100 valence electrons. The first-order valence-electron chi connectivity index (χ1n) is 5.32. The average Bonchev–Trinajstić information content (AvgIpc) is 2.98. The van der Waals surface area contributed by atoms with Crippen molar-refractivity contribution in [2.24, 2.45) is 11.8 Å². The number of rotatable bonds is 0. The predicted octanol–water partition coefficient (Wildman–Crippen LogP) is 4.61. The molecule has 1 aliphatic heterocycles. The third-order valence-corrected chi connectivity index (χ3v) is 10.0. The van der Waals surface area contributed by atoms with Crippen molar-refractivity contribution < 1.29 is 4.74 Å². The van der Waals surface area contributed by atoms with Crippen LogP contribution in [0.5, 0.6) is 0 Å². The minimum atomic E-state index is -1.45. The van der Waals surface area contributed by atoms with Crippen LogP contribution >= 0.6 is 85.5 Å². The maximum atomic E-state index is 6.70. The molecule has 0 aromatic rings. The van der Waals surface area contributed by atoms with E-state index in [1.165, 1.54) is 0 Å². The molecule has 0 radical (unpaired) electrons. The van der Waals surface area contributed by atoms with Gasteiger partial charge in [0.15, 0.2) is 4.33 Å². The number of ether oxygens (including phenoxy) is 1. The fourth-order valence-electron chi connectivity index (χ4n) is 3.80. The fraction of sp³-hybridized carbons (Fsp3) is 0.800. The van der Waals surface area contributed by atoms with Crippen molar-refractivity contribution in [3.8, 4) is 0 Å². The Morgan fingerprint density at radius 3 is 1.94 bits per heavy atom. The van der Waals surface area contributed by atoms with E-state index in [2.05, 4.69) is 15.9 Å². The first kappa shape index (κ1) is 13.6. The first-order chi connectivity index (χ1) is 8.20. The summed E-state index contributed by atoms with van der Waals surface area (Å²) in [5.74, 6) is -0.221. The van der Waals surface area contributed by atoms with Gasteiger partial charge >= 0.3 is 0 Å². The highest BCUT2D eigenvalue weighted by molar-refractivity contribution is 9.09. The number of hydrogen-bond donors (Lipinski definition) is 0. The summed E-state index contributed by atoms with van der Waals surface area (Å²) in [6.45, 7) is 0. The lowest BCUT2D eigenvalue weighted by Crippen LogP contribution is -2.46. The van der Waals surface area contributed by atoms with Gasteiger partial charge in [0.1, 0.15) is 9.75 Å². The summed E-state index contributed by atoms with van der Waals surface area (Å²) < 4.78 is 4.14. The van der Waals surface area contributed by atoms with Gasteiger partial charge in [-0.05, 0) is 0 Å². The van der Waals surface area contributed by atoms with E-state index < -0.39 is 14.1 Å². The molecule has 1 saturated heterocycles. The van der Waals surface area contributed by atoms with Crippen molar-refractivity contribution in [1.82, 2.24) is 0 Å². The predicted molar refractivity (Wildman–Crippen MR) is 78.7 cm³/mol. The third kappa shape index (κ3) is 1.05. The molecule has 7 atom stereocenters. The Labute approximate surface area is 142 Å². The van der Waals surface area contributed by atoms with Gasteiger partial charge in [0.2, 0.25) is 0 Å². The number of fused-ring (bicyclic) bond motifs is 7. The third-order valence-electron chi connectivity index (χ3n) is 4.62. The highest BCUT2D eigenvalue weighted by atomic mass is 79.9. The highest BCUT2D eigenvalue weighted by Crippen LogP contribution is 2.81. The molecule has 0 spiro atoms. The maximum Gasteiger partial charge on any atom is 0.166 e.